The Bertz CT molecular complexity index is 515. The Morgan fingerprint density at radius 1 is 1.23 bits per heavy atom. The fraction of sp³-hybridized carbons (Fsp3) is 0.467. The number of piperidine rings is 1. The van der Waals surface area contributed by atoms with Crippen LogP contribution in [0.15, 0.2) is 24.3 Å². The lowest BCUT2D eigenvalue weighted by molar-refractivity contribution is -0.144. The first-order valence-corrected chi connectivity index (χ1v) is 7.24. The molecule has 1 unspecified atom stereocenters. The van der Waals surface area contributed by atoms with Gasteiger partial charge in [-0.15, -0.1) is 0 Å². The summed E-state index contributed by atoms with van der Waals surface area (Å²) in [6, 6.07) is 4.77. The lowest BCUT2D eigenvalue weighted by atomic mass is 10.1. The van der Waals surface area contributed by atoms with E-state index in [4.69, 9.17) is 9.84 Å². The highest BCUT2D eigenvalue weighted by Gasteiger charge is 2.23. The van der Waals surface area contributed by atoms with Gasteiger partial charge in [0.1, 0.15) is 11.6 Å². The number of carboxylic acid groups (broad SMARTS) is 1. The molecular formula is C15H19FN2O4. The van der Waals surface area contributed by atoms with Crippen LogP contribution in [0.5, 0.6) is 5.75 Å². The molecule has 1 fully saturated rings. The van der Waals surface area contributed by atoms with Crippen molar-refractivity contribution in [3.8, 4) is 5.75 Å². The molecule has 6 nitrogen and oxygen atoms in total. The van der Waals surface area contributed by atoms with Crippen molar-refractivity contribution in [3.63, 3.8) is 0 Å². The van der Waals surface area contributed by atoms with Crippen molar-refractivity contribution in [1.29, 1.82) is 0 Å². The minimum atomic E-state index is -1.22. The topological polar surface area (TPSA) is 78.9 Å². The Morgan fingerprint density at radius 3 is 2.45 bits per heavy atom. The summed E-state index contributed by atoms with van der Waals surface area (Å²) in [6.07, 6.45) is 1.80. The molecule has 7 heteroatoms. The van der Waals surface area contributed by atoms with Gasteiger partial charge in [0.2, 0.25) is 6.10 Å². The predicted molar refractivity (Wildman–Crippen MR) is 77.3 cm³/mol. The molecular weight excluding hydrogens is 291 g/mol. The first-order chi connectivity index (χ1) is 10.6. The lowest BCUT2D eigenvalue weighted by Crippen LogP contribution is -2.47. The molecule has 0 radical (unpaired) electrons. The zero-order chi connectivity index (χ0) is 15.9. The highest BCUT2D eigenvalue weighted by atomic mass is 19.1. The van der Waals surface area contributed by atoms with Gasteiger partial charge in [-0.25, -0.2) is 14.0 Å². The summed E-state index contributed by atoms with van der Waals surface area (Å²) in [5.41, 5.74) is 0. The molecule has 1 aliphatic rings. The summed E-state index contributed by atoms with van der Waals surface area (Å²) < 4.78 is 18.1. The lowest BCUT2D eigenvalue weighted by Gasteiger charge is -2.27. The number of nitrogens with one attached hydrogen (secondary N) is 1. The Hall–Kier alpha value is -2.31. The van der Waals surface area contributed by atoms with Gasteiger partial charge in [-0.1, -0.05) is 0 Å². The van der Waals surface area contributed by atoms with Crippen LogP contribution in [0.1, 0.15) is 19.3 Å². The maximum Gasteiger partial charge on any atom is 0.346 e. The molecule has 1 aliphatic heterocycles. The van der Waals surface area contributed by atoms with Crippen molar-refractivity contribution in [3.05, 3.63) is 30.1 Å². The Morgan fingerprint density at radius 2 is 1.86 bits per heavy atom. The van der Waals surface area contributed by atoms with E-state index in [0.717, 1.165) is 19.3 Å². The summed E-state index contributed by atoms with van der Waals surface area (Å²) in [6.45, 7) is 1.22. The number of halogens is 1. The fourth-order valence-corrected chi connectivity index (χ4v) is 2.25. The van der Waals surface area contributed by atoms with E-state index >= 15 is 0 Å². The van der Waals surface area contributed by atoms with E-state index in [9.17, 15) is 14.0 Å². The van der Waals surface area contributed by atoms with Crippen molar-refractivity contribution < 1.29 is 23.8 Å². The van der Waals surface area contributed by atoms with Crippen LogP contribution in [0.25, 0.3) is 0 Å². The van der Waals surface area contributed by atoms with E-state index in [1.165, 1.54) is 24.3 Å². The Labute approximate surface area is 127 Å². The third-order valence-electron chi connectivity index (χ3n) is 3.45. The highest BCUT2D eigenvalue weighted by Crippen LogP contribution is 2.13. The standard InChI is InChI=1S/C15H19FN2O4/c16-11-4-6-12(7-5-11)22-13(14(19)20)10-17-15(21)18-8-2-1-3-9-18/h4-7,13H,1-3,8-10H2,(H,17,21)(H,19,20). The molecule has 2 rings (SSSR count). The maximum atomic E-state index is 12.8. The van der Waals surface area contributed by atoms with Gasteiger partial charge < -0.3 is 20.1 Å². The van der Waals surface area contributed by atoms with Crippen LogP contribution in [0.4, 0.5) is 9.18 Å². The zero-order valence-electron chi connectivity index (χ0n) is 12.1. The van der Waals surface area contributed by atoms with Crippen molar-refractivity contribution in [1.82, 2.24) is 10.2 Å². The van der Waals surface area contributed by atoms with Gasteiger partial charge in [-0.2, -0.15) is 0 Å². The molecule has 1 saturated heterocycles. The number of likely N-dealkylation sites (tertiary alicyclic amines) is 1. The maximum absolute atomic E-state index is 12.8. The Kier molecular flexibility index (Phi) is 5.57. The van der Waals surface area contributed by atoms with Crippen LogP contribution in [-0.4, -0.2) is 47.7 Å². The van der Waals surface area contributed by atoms with E-state index in [1.54, 1.807) is 4.90 Å². The largest absolute Gasteiger partial charge is 0.478 e. The molecule has 1 aromatic rings. The van der Waals surface area contributed by atoms with Gasteiger partial charge in [-0.3, -0.25) is 0 Å². The summed E-state index contributed by atoms with van der Waals surface area (Å²) in [5.74, 6) is -1.39. The fourth-order valence-electron chi connectivity index (χ4n) is 2.25. The minimum Gasteiger partial charge on any atom is -0.478 e. The number of aliphatic carboxylic acids is 1. The molecule has 0 aliphatic carbocycles. The second-order valence-corrected chi connectivity index (χ2v) is 5.13. The third-order valence-corrected chi connectivity index (χ3v) is 3.45. The average molecular weight is 310 g/mol. The van der Waals surface area contributed by atoms with E-state index < -0.39 is 17.9 Å². The smallest absolute Gasteiger partial charge is 0.346 e. The van der Waals surface area contributed by atoms with E-state index in [-0.39, 0.29) is 18.3 Å². The molecule has 0 bridgehead atoms. The molecule has 0 saturated carbocycles. The second kappa shape index (κ2) is 7.63. The van der Waals surface area contributed by atoms with Gasteiger partial charge in [-0.05, 0) is 43.5 Å². The van der Waals surface area contributed by atoms with Crippen molar-refractivity contribution >= 4 is 12.0 Å². The van der Waals surface area contributed by atoms with Gasteiger partial charge in [0.05, 0.1) is 6.54 Å². The van der Waals surface area contributed by atoms with Gasteiger partial charge in [0.25, 0.3) is 0 Å². The normalized spacial score (nSPS) is 16.0. The number of hydrogen-bond donors (Lipinski definition) is 2. The highest BCUT2D eigenvalue weighted by molar-refractivity contribution is 5.77. The SMILES string of the molecule is O=C(O)C(CNC(=O)N1CCCCC1)Oc1ccc(F)cc1. The van der Waals surface area contributed by atoms with Crippen LogP contribution in [0.3, 0.4) is 0 Å². The molecule has 1 aromatic carbocycles. The number of nitrogens with zero attached hydrogens (tertiary/aromatic N) is 1. The van der Waals surface area contributed by atoms with Gasteiger partial charge >= 0.3 is 12.0 Å². The number of carbonyl (C=O) groups excluding carboxylic acids is 1. The quantitative estimate of drug-likeness (QED) is 0.870. The summed E-state index contributed by atoms with van der Waals surface area (Å²) in [4.78, 5) is 24.8. The van der Waals surface area contributed by atoms with Crippen LogP contribution in [0.2, 0.25) is 0 Å². The molecule has 1 heterocycles. The molecule has 0 spiro atoms. The number of carboxylic acids is 1. The number of rotatable bonds is 5. The number of hydrogen-bond acceptors (Lipinski definition) is 3. The van der Waals surface area contributed by atoms with Crippen LogP contribution in [0, 0.1) is 5.82 Å². The number of urea groups is 1. The summed E-state index contributed by atoms with van der Waals surface area (Å²) >= 11 is 0. The summed E-state index contributed by atoms with van der Waals surface area (Å²) in [7, 11) is 0. The van der Waals surface area contributed by atoms with Crippen LogP contribution in [-0.2, 0) is 4.79 Å². The minimum absolute atomic E-state index is 0.151. The summed E-state index contributed by atoms with van der Waals surface area (Å²) in [5, 5.41) is 11.7. The molecule has 2 amide bonds. The monoisotopic (exact) mass is 310 g/mol. The number of amides is 2. The molecule has 22 heavy (non-hydrogen) atoms. The zero-order valence-corrected chi connectivity index (χ0v) is 12.1. The predicted octanol–water partition coefficient (Wildman–Crippen LogP) is 1.85. The van der Waals surface area contributed by atoms with Crippen molar-refractivity contribution in [2.75, 3.05) is 19.6 Å². The third kappa shape index (κ3) is 4.61. The van der Waals surface area contributed by atoms with E-state index in [2.05, 4.69) is 5.32 Å². The van der Waals surface area contributed by atoms with Crippen LogP contribution >= 0.6 is 0 Å². The van der Waals surface area contributed by atoms with Crippen molar-refractivity contribution in [2.45, 2.75) is 25.4 Å². The number of carbonyl (C=O) groups is 2. The Balaban J connectivity index is 1.87. The number of ether oxygens (including phenoxy) is 1. The molecule has 120 valence electrons. The molecule has 0 aromatic heterocycles. The van der Waals surface area contributed by atoms with Crippen LogP contribution < -0.4 is 10.1 Å². The molecule has 2 N–H and O–H groups in total. The number of benzene rings is 1. The first kappa shape index (κ1) is 16.1. The van der Waals surface area contributed by atoms with E-state index in [0.29, 0.717) is 13.1 Å². The second-order valence-electron chi connectivity index (χ2n) is 5.13. The molecule has 1 atom stereocenters. The van der Waals surface area contributed by atoms with Gasteiger partial charge in [0, 0.05) is 13.1 Å². The first-order valence-electron chi connectivity index (χ1n) is 7.24. The average Bonchev–Trinajstić information content (AvgIpc) is 2.53. The van der Waals surface area contributed by atoms with Gasteiger partial charge in [0.15, 0.2) is 0 Å². The van der Waals surface area contributed by atoms with Crippen molar-refractivity contribution in [2.24, 2.45) is 0 Å². The van der Waals surface area contributed by atoms with E-state index in [1.807, 2.05) is 0 Å².